The molecular formula is C18H18FNO5. The molecule has 6 nitrogen and oxygen atoms in total. The van der Waals surface area contributed by atoms with Gasteiger partial charge in [0, 0.05) is 0 Å². The quantitative estimate of drug-likeness (QED) is 0.780. The number of amides is 1. The molecule has 0 aromatic heterocycles. The normalized spacial score (nSPS) is 10.0. The number of ether oxygens (including phenoxy) is 3. The van der Waals surface area contributed by atoms with Crippen LogP contribution in [0, 0.1) is 5.82 Å². The molecule has 0 radical (unpaired) electrons. The number of methoxy groups -OCH3 is 1. The molecule has 0 spiro atoms. The van der Waals surface area contributed by atoms with Crippen molar-refractivity contribution in [1.29, 1.82) is 0 Å². The standard InChI is InChI=1S/C18H18FNO5/c1-3-24-16-10-12(8-9-15(16)23-2)18(22)25-11-17(21)20-14-7-5-4-6-13(14)19/h4-10H,3,11H2,1-2H3,(H,20,21). The van der Waals surface area contributed by atoms with Crippen molar-refractivity contribution in [3.05, 3.63) is 53.8 Å². The van der Waals surface area contributed by atoms with E-state index in [0.717, 1.165) is 0 Å². The van der Waals surface area contributed by atoms with Crippen LogP contribution in [0.25, 0.3) is 0 Å². The molecule has 0 bridgehead atoms. The van der Waals surface area contributed by atoms with Crippen LogP contribution in [0.2, 0.25) is 0 Å². The zero-order valence-corrected chi connectivity index (χ0v) is 13.9. The van der Waals surface area contributed by atoms with Crippen LogP contribution in [0.15, 0.2) is 42.5 Å². The van der Waals surface area contributed by atoms with Gasteiger partial charge in [-0.05, 0) is 37.3 Å². The summed E-state index contributed by atoms with van der Waals surface area (Å²) in [6.45, 7) is 1.67. The first-order chi connectivity index (χ1) is 12.0. The highest BCUT2D eigenvalue weighted by molar-refractivity contribution is 5.95. The van der Waals surface area contributed by atoms with Crippen molar-refractivity contribution in [2.75, 3.05) is 25.6 Å². The third-order valence-corrected chi connectivity index (χ3v) is 3.18. The lowest BCUT2D eigenvalue weighted by Gasteiger charge is -2.11. The Balaban J connectivity index is 1.96. The highest BCUT2D eigenvalue weighted by Crippen LogP contribution is 2.28. The zero-order chi connectivity index (χ0) is 18.2. The predicted molar refractivity (Wildman–Crippen MR) is 89.5 cm³/mol. The van der Waals surface area contributed by atoms with Gasteiger partial charge in [-0.3, -0.25) is 4.79 Å². The predicted octanol–water partition coefficient (Wildman–Crippen LogP) is 3.03. The highest BCUT2D eigenvalue weighted by atomic mass is 19.1. The summed E-state index contributed by atoms with van der Waals surface area (Å²) >= 11 is 0. The molecule has 0 saturated heterocycles. The Labute approximate surface area is 144 Å². The summed E-state index contributed by atoms with van der Waals surface area (Å²) in [5, 5.41) is 2.33. The van der Waals surface area contributed by atoms with Crippen LogP contribution in [0.5, 0.6) is 11.5 Å². The van der Waals surface area contributed by atoms with Crippen LogP contribution >= 0.6 is 0 Å². The van der Waals surface area contributed by atoms with Gasteiger partial charge < -0.3 is 19.5 Å². The molecule has 7 heteroatoms. The molecule has 1 amide bonds. The third-order valence-electron chi connectivity index (χ3n) is 3.18. The smallest absolute Gasteiger partial charge is 0.338 e. The second-order valence-corrected chi connectivity index (χ2v) is 4.90. The lowest BCUT2D eigenvalue weighted by atomic mass is 10.2. The van der Waals surface area contributed by atoms with Crippen molar-refractivity contribution in [1.82, 2.24) is 0 Å². The molecule has 2 aromatic rings. The van der Waals surface area contributed by atoms with Gasteiger partial charge in [0.2, 0.25) is 0 Å². The number of nitrogens with one attached hydrogen (secondary N) is 1. The molecule has 0 saturated carbocycles. The van der Waals surface area contributed by atoms with E-state index >= 15 is 0 Å². The summed E-state index contributed by atoms with van der Waals surface area (Å²) in [6.07, 6.45) is 0. The van der Waals surface area contributed by atoms with Gasteiger partial charge in [0.25, 0.3) is 5.91 Å². The average Bonchev–Trinajstić information content (AvgIpc) is 2.62. The van der Waals surface area contributed by atoms with Crippen molar-refractivity contribution >= 4 is 17.6 Å². The number of hydrogen-bond acceptors (Lipinski definition) is 5. The Morgan fingerprint density at radius 3 is 2.56 bits per heavy atom. The maximum absolute atomic E-state index is 13.5. The summed E-state index contributed by atoms with van der Waals surface area (Å²) in [6, 6.07) is 10.3. The fourth-order valence-corrected chi connectivity index (χ4v) is 2.04. The second-order valence-electron chi connectivity index (χ2n) is 4.90. The van der Waals surface area contributed by atoms with Crippen LogP contribution in [0.4, 0.5) is 10.1 Å². The van der Waals surface area contributed by atoms with Gasteiger partial charge >= 0.3 is 5.97 Å². The molecular weight excluding hydrogens is 329 g/mol. The number of carbonyl (C=O) groups is 2. The fourth-order valence-electron chi connectivity index (χ4n) is 2.04. The molecule has 132 valence electrons. The minimum atomic E-state index is -0.702. The highest BCUT2D eigenvalue weighted by Gasteiger charge is 2.14. The van der Waals surface area contributed by atoms with Crippen LogP contribution in [-0.4, -0.2) is 32.2 Å². The summed E-state index contributed by atoms with van der Waals surface area (Å²) in [5.41, 5.74) is 0.231. The Kier molecular flexibility index (Phi) is 6.33. The molecule has 0 aliphatic heterocycles. The fraction of sp³-hybridized carbons (Fsp3) is 0.222. The molecule has 1 N–H and O–H groups in total. The molecule has 25 heavy (non-hydrogen) atoms. The number of para-hydroxylation sites is 1. The zero-order valence-electron chi connectivity index (χ0n) is 13.9. The second kappa shape index (κ2) is 8.68. The minimum absolute atomic E-state index is 0.0200. The first kappa shape index (κ1) is 18.3. The van der Waals surface area contributed by atoms with Gasteiger partial charge in [-0.2, -0.15) is 0 Å². The van der Waals surface area contributed by atoms with Crippen LogP contribution < -0.4 is 14.8 Å². The maximum Gasteiger partial charge on any atom is 0.338 e. The summed E-state index contributed by atoms with van der Waals surface area (Å²) in [5.74, 6) is -1.03. The molecule has 2 aromatic carbocycles. The summed E-state index contributed by atoms with van der Waals surface area (Å²) in [7, 11) is 1.49. The first-order valence-electron chi connectivity index (χ1n) is 7.57. The maximum atomic E-state index is 13.5. The van der Waals surface area contributed by atoms with E-state index in [1.165, 1.54) is 37.4 Å². The lowest BCUT2D eigenvalue weighted by Crippen LogP contribution is -2.21. The molecule has 0 unspecified atom stereocenters. The van der Waals surface area contributed by atoms with Crippen molar-refractivity contribution in [3.8, 4) is 11.5 Å². The Morgan fingerprint density at radius 2 is 1.88 bits per heavy atom. The van der Waals surface area contributed by atoms with E-state index in [0.29, 0.717) is 18.1 Å². The van der Waals surface area contributed by atoms with Gasteiger partial charge in [0.1, 0.15) is 5.82 Å². The largest absolute Gasteiger partial charge is 0.493 e. The van der Waals surface area contributed by atoms with Crippen molar-refractivity contribution in [2.45, 2.75) is 6.92 Å². The first-order valence-corrected chi connectivity index (χ1v) is 7.57. The minimum Gasteiger partial charge on any atom is -0.493 e. The van der Waals surface area contributed by atoms with E-state index in [1.807, 2.05) is 0 Å². The van der Waals surface area contributed by atoms with E-state index in [1.54, 1.807) is 19.1 Å². The number of hydrogen-bond donors (Lipinski definition) is 1. The van der Waals surface area contributed by atoms with Gasteiger partial charge in [0.15, 0.2) is 18.1 Å². The summed E-state index contributed by atoms with van der Waals surface area (Å²) in [4.78, 5) is 23.8. The molecule has 0 aliphatic rings. The number of rotatable bonds is 7. The topological polar surface area (TPSA) is 73.9 Å². The monoisotopic (exact) mass is 347 g/mol. The molecule has 0 atom stereocenters. The van der Waals surface area contributed by atoms with Crippen molar-refractivity contribution in [2.24, 2.45) is 0 Å². The average molecular weight is 347 g/mol. The van der Waals surface area contributed by atoms with Crippen LogP contribution in [-0.2, 0) is 9.53 Å². The molecule has 2 rings (SSSR count). The number of halogens is 1. The van der Waals surface area contributed by atoms with Crippen molar-refractivity contribution < 1.29 is 28.2 Å². The SMILES string of the molecule is CCOc1cc(C(=O)OCC(=O)Nc2ccccc2F)ccc1OC. The Morgan fingerprint density at radius 1 is 1.12 bits per heavy atom. The van der Waals surface area contributed by atoms with Gasteiger partial charge in [0.05, 0.1) is 25.0 Å². The third kappa shape index (κ3) is 4.94. The van der Waals surface area contributed by atoms with E-state index in [4.69, 9.17) is 14.2 Å². The van der Waals surface area contributed by atoms with Crippen LogP contribution in [0.1, 0.15) is 17.3 Å². The van der Waals surface area contributed by atoms with Gasteiger partial charge in [-0.25, -0.2) is 9.18 Å². The van der Waals surface area contributed by atoms with Gasteiger partial charge in [-0.1, -0.05) is 12.1 Å². The van der Waals surface area contributed by atoms with Crippen molar-refractivity contribution in [3.63, 3.8) is 0 Å². The number of benzene rings is 2. The van der Waals surface area contributed by atoms with Crippen LogP contribution in [0.3, 0.4) is 0 Å². The van der Waals surface area contributed by atoms with E-state index < -0.39 is 24.3 Å². The van der Waals surface area contributed by atoms with E-state index in [2.05, 4.69) is 5.32 Å². The molecule has 0 aliphatic carbocycles. The molecule has 0 heterocycles. The Hall–Kier alpha value is -3.09. The van der Waals surface area contributed by atoms with E-state index in [-0.39, 0.29) is 11.3 Å². The van der Waals surface area contributed by atoms with E-state index in [9.17, 15) is 14.0 Å². The van der Waals surface area contributed by atoms with Gasteiger partial charge in [-0.15, -0.1) is 0 Å². The number of esters is 1. The Bertz CT molecular complexity index is 763. The summed E-state index contributed by atoms with van der Waals surface area (Å²) < 4.78 is 28.9. The lowest BCUT2D eigenvalue weighted by molar-refractivity contribution is -0.119. The number of carbonyl (C=O) groups excluding carboxylic acids is 2. The molecule has 0 fully saturated rings. The number of anilines is 1.